The Balaban J connectivity index is 2.26. The van der Waals surface area contributed by atoms with Crippen molar-refractivity contribution in [3.63, 3.8) is 0 Å². The number of halogens is 1. The van der Waals surface area contributed by atoms with Crippen LogP contribution in [0.1, 0.15) is 0 Å². The molecule has 1 aromatic carbocycles. The van der Waals surface area contributed by atoms with Gasteiger partial charge in [-0.25, -0.2) is 9.78 Å². The Kier molecular flexibility index (Phi) is 2.69. The zero-order valence-corrected chi connectivity index (χ0v) is 8.45. The largest absolute Gasteiger partial charge is 0.346 e. The van der Waals surface area contributed by atoms with E-state index in [4.69, 9.17) is 11.6 Å². The molecule has 0 saturated heterocycles. The summed E-state index contributed by atoms with van der Waals surface area (Å²) in [5, 5.41) is 3.64. The fraction of sp³-hybridized carbons (Fsp3) is 0. The molecule has 76 valence electrons. The number of hydrogen-bond acceptors (Lipinski definition) is 3. The third kappa shape index (κ3) is 2.57. The van der Waals surface area contributed by atoms with Crippen LogP contribution in [-0.2, 0) is 0 Å². The van der Waals surface area contributed by atoms with Gasteiger partial charge in [0.2, 0.25) is 0 Å². The van der Waals surface area contributed by atoms with Gasteiger partial charge in [0.25, 0.3) is 0 Å². The van der Waals surface area contributed by atoms with Gasteiger partial charge < -0.3 is 5.32 Å². The van der Waals surface area contributed by atoms with Crippen molar-refractivity contribution in [2.75, 3.05) is 5.32 Å². The van der Waals surface area contributed by atoms with Gasteiger partial charge in [0.05, 0.1) is 0 Å². The number of aromatic amines is 1. The molecular weight excluding hydrogens is 214 g/mol. The first kappa shape index (κ1) is 9.73. The van der Waals surface area contributed by atoms with Crippen molar-refractivity contribution in [3.8, 4) is 0 Å². The van der Waals surface area contributed by atoms with Crippen LogP contribution in [0.2, 0.25) is 5.02 Å². The lowest BCUT2D eigenvalue weighted by molar-refractivity contribution is 1.08. The van der Waals surface area contributed by atoms with Crippen molar-refractivity contribution in [1.82, 2.24) is 9.97 Å². The maximum Gasteiger partial charge on any atom is 0.346 e. The summed E-state index contributed by atoms with van der Waals surface area (Å²) >= 11 is 5.82. The molecule has 2 rings (SSSR count). The second-order valence-corrected chi connectivity index (χ2v) is 3.36. The number of hydrogen-bond donors (Lipinski definition) is 2. The van der Waals surface area contributed by atoms with E-state index in [1.165, 1.54) is 6.20 Å². The van der Waals surface area contributed by atoms with Crippen LogP contribution in [-0.4, -0.2) is 9.97 Å². The number of nitrogens with zero attached hydrogens (tertiary/aromatic N) is 1. The van der Waals surface area contributed by atoms with Crippen LogP contribution in [0.15, 0.2) is 41.3 Å². The van der Waals surface area contributed by atoms with E-state index in [0.29, 0.717) is 10.8 Å². The second-order valence-electron chi connectivity index (χ2n) is 2.92. The van der Waals surface area contributed by atoms with Crippen molar-refractivity contribution in [1.29, 1.82) is 0 Å². The molecule has 0 aliphatic rings. The molecule has 4 nitrogen and oxygen atoms in total. The van der Waals surface area contributed by atoms with Gasteiger partial charge in [0.1, 0.15) is 5.82 Å². The number of benzene rings is 1. The normalized spacial score (nSPS) is 9.93. The quantitative estimate of drug-likeness (QED) is 0.817. The van der Waals surface area contributed by atoms with Crippen LogP contribution in [0.5, 0.6) is 0 Å². The SMILES string of the molecule is O=c1nccc(Nc2cccc(Cl)c2)[nH]1. The summed E-state index contributed by atoms with van der Waals surface area (Å²) < 4.78 is 0. The Morgan fingerprint density at radius 1 is 1.33 bits per heavy atom. The number of rotatable bonds is 2. The number of anilines is 2. The minimum atomic E-state index is -0.387. The van der Waals surface area contributed by atoms with Crippen LogP contribution in [0.3, 0.4) is 0 Å². The lowest BCUT2D eigenvalue weighted by Gasteiger charge is -2.05. The van der Waals surface area contributed by atoms with E-state index in [0.717, 1.165) is 5.69 Å². The number of aromatic nitrogens is 2. The first-order valence-corrected chi connectivity index (χ1v) is 4.70. The second kappa shape index (κ2) is 4.14. The van der Waals surface area contributed by atoms with E-state index in [-0.39, 0.29) is 5.69 Å². The molecule has 2 aromatic rings. The van der Waals surface area contributed by atoms with Crippen molar-refractivity contribution < 1.29 is 0 Å². The summed E-state index contributed by atoms with van der Waals surface area (Å²) in [5.41, 5.74) is 0.423. The van der Waals surface area contributed by atoms with E-state index in [2.05, 4.69) is 15.3 Å². The average molecular weight is 222 g/mol. The van der Waals surface area contributed by atoms with Gasteiger partial charge in [-0.3, -0.25) is 4.98 Å². The van der Waals surface area contributed by atoms with E-state index in [1.54, 1.807) is 18.2 Å². The molecule has 0 bridgehead atoms. The maximum atomic E-state index is 10.9. The molecule has 5 heteroatoms. The predicted molar refractivity (Wildman–Crippen MR) is 59.6 cm³/mol. The smallest absolute Gasteiger partial charge is 0.342 e. The summed E-state index contributed by atoms with van der Waals surface area (Å²) in [4.78, 5) is 17.0. The molecule has 2 N–H and O–H groups in total. The van der Waals surface area contributed by atoms with E-state index in [9.17, 15) is 4.79 Å². The molecule has 0 aliphatic carbocycles. The molecule has 0 radical (unpaired) electrons. The highest BCUT2D eigenvalue weighted by Crippen LogP contribution is 2.17. The summed E-state index contributed by atoms with van der Waals surface area (Å²) in [6.45, 7) is 0. The van der Waals surface area contributed by atoms with Crippen molar-refractivity contribution in [3.05, 3.63) is 52.0 Å². The van der Waals surface area contributed by atoms with Crippen LogP contribution in [0.25, 0.3) is 0 Å². The van der Waals surface area contributed by atoms with Crippen LogP contribution < -0.4 is 11.0 Å². The Bertz CT molecular complexity index is 524. The van der Waals surface area contributed by atoms with Gasteiger partial charge in [0, 0.05) is 16.9 Å². The monoisotopic (exact) mass is 221 g/mol. The Hall–Kier alpha value is -1.81. The third-order valence-corrected chi connectivity index (χ3v) is 2.01. The molecule has 1 heterocycles. The van der Waals surface area contributed by atoms with Gasteiger partial charge in [-0.1, -0.05) is 17.7 Å². The standard InChI is InChI=1S/C10H8ClN3O/c11-7-2-1-3-8(6-7)13-9-4-5-12-10(15)14-9/h1-6H,(H2,12,13,14,15). The number of H-pyrrole nitrogens is 1. The molecular formula is C10H8ClN3O. The average Bonchev–Trinajstić information content (AvgIpc) is 2.17. The van der Waals surface area contributed by atoms with E-state index in [1.807, 2.05) is 12.1 Å². The van der Waals surface area contributed by atoms with Crippen LogP contribution in [0, 0.1) is 0 Å². The van der Waals surface area contributed by atoms with E-state index < -0.39 is 0 Å². The third-order valence-electron chi connectivity index (χ3n) is 1.78. The molecule has 0 fully saturated rings. The molecule has 0 aliphatic heterocycles. The first-order valence-electron chi connectivity index (χ1n) is 4.32. The molecule has 0 saturated carbocycles. The number of nitrogens with one attached hydrogen (secondary N) is 2. The molecule has 15 heavy (non-hydrogen) atoms. The van der Waals surface area contributed by atoms with Gasteiger partial charge in [-0.2, -0.15) is 0 Å². The summed E-state index contributed by atoms with van der Waals surface area (Å²) in [6, 6.07) is 8.89. The van der Waals surface area contributed by atoms with Crippen LogP contribution in [0.4, 0.5) is 11.5 Å². The highest BCUT2D eigenvalue weighted by Gasteiger charge is 1.95. The highest BCUT2D eigenvalue weighted by molar-refractivity contribution is 6.30. The molecule has 0 unspecified atom stereocenters. The Morgan fingerprint density at radius 2 is 2.20 bits per heavy atom. The topological polar surface area (TPSA) is 57.8 Å². The van der Waals surface area contributed by atoms with Gasteiger partial charge in [-0.15, -0.1) is 0 Å². The molecule has 1 aromatic heterocycles. The summed E-state index contributed by atoms with van der Waals surface area (Å²) in [6.07, 6.45) is 1.44. The lowest BCUT2D eigenvalue weighted by Crippen LogP contribution is -2.10. The van der Waals surface area contributed by atoms with Gasteiger partial charge in [-0.05, 0) is 24.3 Å². The predicted octanol–water partition coefficient (Wildman–Crippen LogP) is 2.17. The van der Waals surface area contributed by atoms with Gasteiger partial charge in [0.15, 0.2) is 0 Å². The molecule has 0 atom stereocenters. The minimum absolute atomic E-state index is 0.387. The maximum absolute atomic E-state index is 10.9. The molecule has 0 spiro atoms. The summed E-state index contributed by atoms with van der Waals surface area (Å²) in [5.74, 6) is 0.581. The minimum Gasteiger partial charge on any atom is -0.342 e. The van der Waals surface area contributed by atoms with Crippen molar-refractivity contribution >= 4 is 23.1 Å². The molecule has 0 amide bonds. The summed E-state index contributed by atoms with van der Waals surface area (Å²) in [7, 11) is 0. The van der Waals surface area contributed by atoms with Gasteiger partial charge >= 0.3 is 5.69 Å². The zero-order valence-electron chi connectivity index (χ0n) is 7.70. The lowest BCUT2D eigenvalue weighted by atomic mass is 10.3. The zero-order chi connectivity index (χ0) is 10.7. The van der Waals surface area contributed by atoms with Crippen molar-refractivity contribution in [2.45, 2.75) is 0 Å². The Morgan fingerprint density at radius 3 is 2.93 bits per heavy atom. The van der Waals surface area contributed by atoms with Crippen molar-refractivity contribution in [2.24, 2.45) is 0 Å². The van der Waals surface area contributed by atoms with Crippen LogP contribution >= 0.6 is 11.6 Å². The fourth-order valence-corrected chi connectivity index (χ4v) is 1.35. The van der Waals surface area contributed by atoms with E-state index >= 15 is 0 Å². The fourth-order valence-electron chi connectivity index (χ4n) is 1.16. The first-order chi connectivity index (χ1) is 7.24. The Labute approximate surface area is 90.9 Å². The highest BCUT2D eigenvalue weighted by atomic mass is 35.5.